The average molecular weight is 200 g/mol. The van der Waals surface area contributed by atoms with Gasteiger partial charge in [0.2, 0.25) is 0 Å². The van der Waals surface area contributed by atoms with Crippen molar-refractivity contribution < 1.29 is 13.9 Å². The highest BCUT2D eigenvalue weighted by atomic mass is 19.1. The molecule has 0 aliphatic carbocycles. The van der Waals surface area contributed by atoms with Crippen molar-refractivity contribution in [3.63, 3.8) is 0 Å². The Morgan fingerprint density at radius 2 is 2.00 bits per heavy atom. The maximum atomic E-state index is 13.4. The lowest BCUT2D eigenvalue weighted by Gasteiger charge is -2.08. The molecule has 0 radical (unpaired) electrons. The van der Waals surface area contributed by atoms with E-state index in [1.807, 2.05) is 0 Å². The summed E-state index contributed by atoms with van der Waals surface area (Å²) < 4.78 is 26.6. The number of rotatable bonds is 3. The zero-order valence-corrected chi connectivity index (χ0v) is 8.35. The number of hydrogen-bond acceptors (Lipinski definition) is 1. The van der Waals surface area contributed by atoms with Gasteiger partial charge in [-0.1, -0.05) is 6.07 Å². The van der Waals surface area contributed by atoms with Crippen molar-refractivity contribution in [3.8, 4) is 0 Å². The minimum atomic E-state index is -0.534. The molecule has 78 valence electrons. The Hall–Kier alpha value is -0.960. The molecule has 1 aromatic rings. The second-order valence-corrected chi connectivity index (χ2v) is 3.54. The lowest BCUT2D eigenvalue weighted by molar-refractivity contribution is 0.184. The van der Waals surface area contributed by atoms with Crippen LogP contribution in [0.3, 0.4) is 0 Å². The Morgan fingerprint density at radius 3 is 2.57 bits per heavy atom. The number of aryl methyl sites for hydroxylation is 1. The Morgan fingerprint density at radius 1 is 1.36 bits per heavy atom. The van der Waals surface area contributed by atoms with Crippen molar-refractivity contribution in [2.45, 2.75) is 32.8 Å². The zero-order valence-electron chi connectivity index (χ0n) is 8.35. The van der Waals surface area contributed by atoms with Gasteiger partial charge in [0.15, 0.2) is 0 Å². The summed E-state index contributed by atoms with van der Waals surface area (Å²) in [5.74, 6) is -1.03. The normalized spacial score (nSPS) is 12.9. The van der Waals surface area contributed by atoms with E-state index in [0.29, 0.717) is 12.0 Å². The molecule has 1 atom stereocenters. The van der Waals surface area contributed by atoms with E-state index in [-0.39, 0.29) is 12.0 Å². The van der Waals surface area contributed by atoms with Gasteiger partial charge < -0.3 is 5.11 Å². The number of aliphatic hydroxyl groups is 1. The summed E-state index contributed by atoms with van der Waals surface area (Å²) in [4.78, 5) is 0. The van der Waals surface area contributed by atoms with E-state index in [1.165, 1.54) is 12.1 Å². The molecule has 0 spiro atoms. The van der Waals surface area contributed by atoms with Gasteiger partial charge in [-0.05, 0) is 38.3 Å². The number of hydrogen-bond donors (Lipinski definition) is 1. The monoisotopic (exact) mass is 200 g/mol. The van der Waals surface area contributed by atoms with E-state index in [9.17, 15) is 8.78 Å². The third-order valence-corrected chi connectivity index (χ3v) is 2.19. The van der Waals surface area contributed by atoms with Crippen molar-refractivity contribution >= 4 is 0 Å². The number of halogens is 2. The van der Waals surface area contributed by atoms with Crippen molar-refractivity contribution in [3.05, 3.63) is 34.9 Å². The molecule has 3 heteroatoms. The summed E-state index contributed by atoms with van der Waals surface area (Å²) in [6, 6.07) is 2.67. The third-order valence-electron chi connectivity index (χ3n) is 2.19. The minimum absolute atomic E-state index is 0.0749. The standard InChI is InChI=1S/C11H14F2O/c1-7-3-6-10(12)9(11(7)13)5-4-8(2)14/h3,6,8,14H,4-5H2,1-2H3/t8-/m1/s1. The zero-order chi connectivity index (χ0) is 10.7. The van der Waals surface area contributed by atoms with Gasteiger partial charge >= 0.3 is 0 Å². The largest absolute Gasteiger partial charge is 0.393 e. The fraction of sp³-hybridized carbons (Fsp3) is 0.455. The van der Waals surface area contributed by atoms with Gasteiger partial charge in [0, 0.05) is 5.56 Å². The van der Waals surface area contributed by atoms with Crippen LogP contribution in [-0.4, -0.2) is 11.2 Å². The molecule has 0 amide bonds. The second-order valence-electron chi connectivity index (χ2n) is 3.54. The van der Waals surface area contributed by atoms with Crippen LogP contribution in [0.25, 0.3) is 0 Å². The first-order chi connectivity index (χ1) is 6.52. The lowest BCUT2D eigenvalue weighted by atomic mass is 10.0. The van der Waals surface area contributed by atoms with Crippen LogP contribution in [0.2, 0.25) is 0 Å². The molecule has 0 saturated heterocycles. The molecule has 0 heterocycles. The van der Waals surface area contributed by atoms with E-state index in [1.54, 1.807) is 13.8 Å². The molecule has 0 bridgehead atoms. The molecule has 14 heavy (non-hydrogen) atoms. The quantitative estimate of drug-likeness (QED) is 0.795. The van der Waals surface area contributed by atoms with Crippen molar-refractivity contribution in [1.29, 1.82) is 0 Å². The van der Waals surface area contributed by atoms with Crippen LogP contribution in [0.15, 0.2) is 12.1 Å². The smallest absolute Gasteiger partial charge is 0.132 e. The molecule has 1 rings (SSSR count). The van der Waals surface area contributed by atoms with E-state index in [0.717, 1.165) is 0 Å². The highest BCUT2D eigenvalue weighted by Crippen LogP contribution is 2.18. The van der Waals surface area contributed by atoms with Crippen molar-refractivity contribution in [2.24, 2.45) is 0 Å². The molecular formula is C11H14F2O. The Kier molecular flexibility index (Phi) is 3.58. The Balaban J connectivity index is 2.89. The first-order valence-electron chi connectivity index (χ1n) is 4.64. The summed E-state index contributed by atoms with van der Waals surface area (Å²) in [5, 5.41) is 9.02. The van der Waals surface area contributed by atoms with Gasteiger partial charge in [-0.25, -0.2) is 8.78 Å². The molecule has 0 aliphatic heterocycles. The number of benzene rings is 1. The van der Waals surface area contributed by atoms with Gasteiger partial charge in [-0.2, -0.15) is 0 Å². The average Bonchev–Trinajstić information content (AvgIpc) is 2.11. The molecule has 0 saturated carbocycles. The first-order valence-corrected chi connectivity index (χ1v) is 4.64. The van der Waals surface area contributed by atoms with Crippen molar-refractivity contribution in [1.82, 2.24) is 0 Å². The Labute approximate surface area is 82.4 Å². The summed E-state index contributed by atoms with van der Waals surface area (Å²) in [6.45, 7) is 3.20. The van der Waals surface area contributed by atoms with Crippen molar-refractivity contribution in [2.75, 3.05) is 0 Å². The minimum Gasteiger partial charge on any atom is -0.393 e. The summed E-state index contributed by atoms with van der Waals surface area (Å²) in [6.07, 6.45) is 0.0724. The van der Waals surface area contributed by atoms with E-state index < -0.39 is 17.7 Å². The molecule has 0 aliphatic rings. The molecular weight excluding hydrogens is 186 g/mol. The SMILES string of the molecule is Cc1ccc(F)c(CC[C@@H](C)O)c1F. The molecule has 0 aromatic heterocycles. The van der Waals surface area contributed by atoms with Crippen LogP contribution in [0.1, 0.15) is 24.5 Å². The van der Waals surface area contributed by atoms with Crippen LogP contribution >= 0.6 is 0 Å². The van der Waals surface area contributed by atoms with Gasteiger partial charge in [-0.3, -0.25) is 0 Å². The van der Waals surface area contributed by atoms with Gasteiger partial charge in [0.25, 0.3) is 0 Å². The predicted octanol–water partition coefficient (Wildman–Crippen LogP) is 2.59. The summed E-state index contributed by atoms with van der Waals surface area (Å²) in [7, 11) is 0. The van der Waals surface area contributed by atoms with Gasteiger partial charge in [-0.15, -0.1) is 0 Å². The van der Waals surface area contributed by atoms with Crippen LogP contribution in [-0.2, 0) is 6.42 Å². The van der Waals surface area contributed by atoms with E-state index in [4.69, 9.17) is 5.11 Å². The van der Waals surface area contributed by atoms with E-state index in [2.05, 4.69) is 0 Å². The number of aliphatic hydroxyl groups excluding tert-OH is 1. The topological polar surface area (TPSA) is 20.2 Å². The molecule has 1 aromatic carbocycles. The molecule has 1 nitrogen and oxygen atoms in total. The maximum Gasteiger partial charge on any atom is 0.132 e. The van der Waals surface area contributed by atoms with Crippen LogP contribution < -0.4 is 0 Å². The van der Waals surface area contributed by atoms with Crippen LogP contribution in [0.4, 0.5) is 8.78 Å². The molecule has 0 fully saturated rings. The fourth-order valence-electron chi connectivity index (χ4n) is 1.30. The summed E-state index contributed by atoms with van der Waals surface area (Å²) in [5.41, 5.74) is 0.512. The molecule has 1 N–H and O–H groups in total. The highest BCUT2D eigenvalue weighted by molar-refractivity contribution is 5.26. The lowest BCUT2D eigenvalue weighted by Crippen LogP contribution is -2.05. The first kappa shape index (κ1) is 11.1. The fourth-order valence-corrected chi connectivity index (χ4v) is 1.30. The predicted molar refractivity (Wildman–Crippen MR) is 51.1 cm³/mol. The maximum absolute atomic E-state index is 13.4. The van der Waals surface area contributed by atoms with Crippen LogP contribution in [0.5, 0.6) is 0 Å². The highest BCUT2D eigenvalue weighted by Gasteiger charge is 2.11. The molecule has 0 unspecified atom stereocenters. The van der Waals surface area contributed by atoms with Gasteiger partial charge in [0.1, 0.15) is 11.6 Å². The third kappa shape index (κ3) is 2.51. The Bertz CT molecular complexity index is 321. The van der Waals surface area contributed by atoms with Crippen LogP contribution in [0, 0.1) is 18.6 Å². The van der Waals surface area contributed by atoms with E-state index >= 15 is 0 Å². The second kappa shape index (κ2) is 4.51. The van der Waals surface area contributed by atoms with Gasteiger partial charge in [0.05, 0.1) is 6.10 Å². The summed E-state index contributed by atoms with van der Waals surface area (Å²) >= 11 is 0.